The number of primary amides is 1. The molecule has 0 unspecified atom stereocenters. The second-order valence-corrected chi connectivity index (χ2v) is 7.33. The summed E-state index contributed by atoms with van der Waals surface area (Å²) < 4.78 is 52.1. The van der Waals surface area contributed by atoms with E-state index in [1.807, 2.05) is 0 Å². The maximum atomic E-state index is 13.4. The highest BCUT2D eigenvalue weighted by Gasteiger charge is 2.31. The van der Waals surface area contributed by atoms with Crippen LogP contribution in [0.1, 0.15) is 11.1 Å². The molecule has 5 N–H and O–H groups in total. The molecule has 0 aliphatic carbocycles. The zero-order valence-electron chi connectivity index (χ0n) is 16.8. The number of urea groups is 1. The molecule has 0 atom stereocenters. The zero-order valence-corrected chi connectivity index (χ0v) is 17.5. The summed E-state index contributed by atoms with van der Waals surface area (Å²) in [4.78, 5) is 29.6. The van der Waals surface area contributed by atoms with E-state index in [4.69, 9.17) is 22.7 Å². The van der Waals surface area contributed by atoms with Gasteiger partial charge in [-0.1, -0.05) is 11.6 Å². The number of carbonyl (C=O) groups is 2. The first-order valence-electron chi connectivity index (χ1n) is 9.37. The van der Waals surface area contributed by atoms with Crippen LogP contribution in [0.2, 0.25) is 5.02 Å². The van der Waals surface area contributed by atoms with Gasteiger partial charge in [0.25, 0.3) is 5.91 Å². The Morgan fingerprint density at radius 1 is 1.24 bits per heavy atom. The van der Waals surface area contributed by atoms with Gasteiger partial charge in [0.2, 0.25) is 0 Å². The minimum atomic E-state index is -4.60. The number of pyridine rings is 1. The summed E-state index contributed by atoms with van der Waals surface area (Å²) >= 11 is 5.75. The van der Waals surface area contributed by atoms with Crippen LogP contribution in [-0.4, -0.2) is 47.2 Å². The Bertz CT molecular complexity index is 1150. The second kappa shape index (κ2) is 9.45. The Labute approximate surface area is 189 Å². The van der Waals surface area contributed by atoms with E-state index in [0.717, 1.165) is 24.4 Å². The lowest BCUT2D eigenvalue weighted by atomic mass is 9.99. The van der Waals surface area contributed by atoms with E-state index in [0.29, 0.717) is 6.07 Å². The first kappa shape index (κ1) is 24.0. The Morgan fingerprint density at radius 3 is 2.61 bits per heavy atom. The molecule has 0 radical (unpaired) electrons. The number of amides is 3. The zero-order chi connectivity index (χ0) is 24.3. The number of rotatable bonds is 4. The lowest BCUT2D eigenvalue weighted by Gasteiger charge is -2.31. The smallest absolute Gasteiger partial charge is 0.384 e. The predicted octanol–water partition coefficient (Wildman–Crippen LogP) is 3.14. The van der Waals surface area contributed by atoms with E-state index in [2.05, 4.69) is 15.6 Å². The first-order chi connectivity index (χ1) is 15.5. The van der Waals surface area contributed by atoms with Gasteiger partial charge in [0.05, 0.1) is 28.4 Å². The summed E-state index contributed by atoms with van der Waals surface area (Å²) in [5.41, 5.74) is 4.17. The van der Waals surface area contributed by atoms with Gasteiger partial charge in [-0.25, -0.2) is 14.2 Å². The topological polar surface area (TPSA) is 124 Å². The Balaban J connectivity index is 1.83. The van der Waals surface area contributed by atoms with Gasteiger partial charge in [-0.15, -0.1) is 0 Å². The van der Waals surface area contributed by atoms with Crippen LogP contribution in [0.4, 0.5) is 28.2 Å². The summed E-state index contributed by atoms with van der Waals surface area (Å²) in [7, 11) is 0. The summed E-state index contributed by atoms with van der Waals surface area (Å²) in [5, 5.41) is 13.3. The van der Waals surface area contributed by atoms with Crippen molar-refractivity contribution < 1.29 is 27.2 Å². The van der Waals surface area contributed by atoms with E-state index in [1.54, 1.807) is 0 Å². The molecule has 174 valence electrons. The van der Waals surface area contributed by atoms with Crippen molar-refractivity contribution in [2.45, 2.75) is 6.18 Å². The summed E-state index contributed by atoms with van der Waals surface area (Å²) in [6, 6.07) is 4.15. The SMILES string of the molecule is N=C(/C(C(N)=O)=C1/CN(C(=O)Nc2cc(C(F)(F)F)ccn2)CCN1)c1ccc(F)c(Cl)c1. The van der Waals surface area contributed by atoms with Gasteiger partial charge >= 0.3 is 12.2 Å². The maximum absolute atomic E-state index is 13.4. The van der Waals surface area contributed by atoms with Gasteiger partial charge in [-0.3, -0.25) is 15.5 Å². The summed E-state index contributed by atoms with van der Waals surface area (Å²) in [5.74, 6) is -1.98. The van der Waals surface area contributed by atoms with Crippen molar-refractivity contribution in [3.05, 3.63) is 69.8 Å². The number of hydrogen-bond donors (Lipinski definition) is 4. The van der Waals surface area contributed by atoms with Gasteiger partial charge in [0.1, 0.15) is 11.6 Å². The number of anilines is 1. The van der Waals surface area contributed by atoms with Crippen LogP contribution in [0.5, 0.6) is 0 Å². The number of hydrogen-bond acceptors (Lipinski definition) is 5. The molecular formula is C20H17ClF4N6O2. The van der Waals surface area contributed by atoms with Crippen molar-refractivity contribution in [2.24, 2.45) is 5.73 Å². The van der Waals surface area contributed by atoms with Crippen molar-refractivity contribution in [1.82, 2.24) is 15.2 Å². The number of aromatic nitrogens is 1. The highest BCUT2D eigenvalue weighted by atomic mass is 35.5. The van der Waals surface area contributed by atoms with Gasteiger partial charge in [-0.2, -0.15) is 13.2 Å². The highest BCUT2D eigenvalue weighted by molar-refractivity contribution is 6.32. The molecular weight excluding hydrogens is 468 g/mol. The molecule has 3 rings (SSSR count). The number of halogens is 5. The Morgan fingerprint density at radius 2 is 1.97 bits per heavy atom. The average Bonchev–Trinajstić information content (AvgIpc) is 2.75. The van der Waals surface area contributed by atoms with Crippen LogP contribution in [-0.2, 0) is 11.0 Å². The average molecular weight is 485 g/mol. The molecule has 2 heterocycles. The van der Waals surface area contributed by atoms with Crippen molar-refractivity contribution in [3.8, 4) is 0 Å². The Hall–Kier alpha value is -3.67. The molecule has 1 aromatic heterocycles. The lowest BCUT2D eigenvalue weighted by molar-refractivity contribution is -0.137. The minimum Gasteiger partial charge on any atom is -0.384 e. The van der Waals surface area contributed by atoms with Crippen molar-refractivity contribution in [1.29, 1.82) is 5.41 Å². The molecule has 1 aromatic carbocycles. The molecule has 0 saturated carbocycles. The number of nitrogens with two attached hydrogens (primary N) is 1. The van der Waals surface area contributed by atoms with Crippen molar-refractivity contribution >= 4 is 35.1 Å². The van der Waals surface area contributed by atoms with E-state index in [9.17, 15) is 27.2 Å². The van der Waals surface area contributed by atoms with E-state index >= 15 is 0 Å². The lowest BCUT2D eigenvalue weighted by Crippen LogP contribution is -2.48. The minimum absolute atomic E-state index is 0.124. The molecule has 1 aliphatic heterocycles. The molecule has 33 heavy (non-hydrogen) atoms. The fourth-order valence-corrected chi connectivity index (χ4v) is 3.27. The molecule has 1 fully saturated rings. The third kappa shape index (κ3) is 5.58. The molecule has 1 aliphatic rings. The fraction of sp³-hybridized carbons (Fsp3) is 0.200. The van der Waals surface area contributed by atoms with Gasteiger partial charge in [0, 0.05) is 30.5 Å². The summed E-state index contributed by atoms with van der Waals surface area (Å²) in [6.45, 7) is 0.128. The number of nitrogens with one attached hydrogen (secondary N) is 3. The number of nitrogens with zero attached hydrogens (tertiary/aromatic N) is 2. The molecule has 8 nitrogen and oxygen atoms in total. The third-order valence-electron chi connectivity index (χ3n) is 4.69. The van der Waals surface area contributed by atoms with Crippen molar-refractivity contribution in [2.75, 3.05) is 25.0 Å². The molecule has 3 amide bonds. The molecule has 1 saturated heterocycles. The molecule has 13 heteroatoms. The van der Waals surface area contributed by atoms with E-state index in [-0.39, 0.29) is 53.0 Å². The van der Waals surface area contributed by atoms with Gasteiger partial charge in [-0.05, 0) is 30.3 Å². The number of alkyl halides is 3. The van der Waals surface area contributed by atoms with Crippen molar-refractivity contribution in [3.63, 3.8) is 0 Å². The van der Waals surface area contributed by atoms with Crippen LogP contribution in [0, 0.1) is 11.2 Å². The van der Waals surface area contributed by atoms with Crippen LogP contribution < -0.4 is 16.4 Å². The fourth-order valence-electron chi connectivity index (χ4n) is 3.09. The first-order valence-corrected chi connectivity index (χ1v) is 9.75. The number of carbonyl (C=O) groups excluding carboxylic acids is 2. The Kier molecular flexibility index (Phi) is 6.86. The molecule has 0 bridgehead atoms. The van der Waals surface area contributed by atoms with Crippen LogP contribution in [0.3, 0.4) is 0 Å². The third-order valence-corrected chi connectivity index (χ3v) is 4.97. The quantitative estimate of drug-likeness (QED) is 0.302. The standard InChI is InChI=1S/C20H17ClF4N6O2/c21-12-7-10(1-2-13(12)22)17(26)16(18(27)32)14-9-31(6-5-28-14)19(33)30-15-8-11(3-4-29-15)20(23,24)25/h1-4,7-8,26,28H,5-6,9H2,(H2,27,32)(H,29,30,33)/b16-14+,26-17?. The highest BCUT2D eigenvalue weighted by Crippen LogP contribution is 2.30. The molecule has 2 aromatic rings. The van der Waals surface area contributed by atoms with Gasteiger partial charge < -0.3 is 16.0 Å². The second-order valence-electron chi connectivity index (χ2n) is 6.93. The molecule has 0 spiro atoms. The predicted molar refractivity (Wildman–Crippen MR) is 112 cm³/mol. The number of benzene rings is 1. The van der Waals surface area contributed by atoms with E-state index in [1.165, 1.54) is 11.0 Å². The monoisotopic (exact) mass is 484 g/mol. The summed E-state index contributed by atoms with van der Waals surface area (Å²) in [6.07, 6.45) is -3.69. The van der Waals surface area contributed by atoms with Crippen LogP contribution >= 0.6 is 11.6 Å². The van der Waals surface area contributed by atoms with Gasteiger partial charge in [0.15, 0.2) is 0 Å². The van der Waals surface area contributed by atoms with Crippen LogP contribution in [0.15, 0.2) is 47.8 Å². The maximum Gasteiger partial charge on any atom is 0.416 e. The normalized spacial score (nSPS) is 15.5. The van der Waals surface area contributed by atoms with E-state index < -0.39 is 29.5 Å². The largest absolute Gasteiger partial charge is 0.416 e. The van der Waals surface area contributed by atoms with Crippen LogP contribution in [0.25, 0.3) is 0 Å². The number of piperazine rings is 1.